The number of nitrogens with zero attached hydrogens (tertiary/aromatic N) is 1. The van der Waals surface area contributed by atoms with Gasteiger partial charge >= 0.3 is 0 Å². The minimum atomic E-state index is 0.0519. The first-order valence-corrected chi connectivity index (χ1v) is 8.54. The normalized spacial score (nSPS) is 11.7. The molecule has 0 unspecified atom stereocenters. The average Bonchev–Trinajstić information content (AvgIpc) is 2.40. The molecule has 1 amide bonds. The Hall–Kier alpha value is -0.610. The highest BCUT2D eigenvalue weighted by Crippen LogP contribution is 2.06. The Morgan fingerprint density at radius 2 is 1.67 bits per heavy atom. The third-order valence-electron chi connectivity index (χ3n) is 3.46. The Morgan fingerprint density at radius 1 is 1.05 bits per heavy atom. The van der Waals surface area contributed by atoms with Crippen molar-refractivity contribution in [3.05, 3.63) is 0 Å². The van der Waals surface area contributed by atoms with Gasteiger partial charge in [0.1, 0.15) is 0 Å². The molecule has 21 heavy (non-hydrogen) atoms. The summed E-state index contributed by atoms with van der Waals surface area (Å²) < 4.78 is 0. The van der Waals surface area contributed by atoms with Gasteiger partial charge in [-0.2, -0.15) is 0 Å². The monoisotopic (exact) mass is 300 g/mol. The summed E-state index contributed by atoms with van der Waals surface area (Å²) in [4.78, 5) is 14.2. The molecule has 0 bridgehead atoms. The highest BCUT2D eigenvalue weighted by atomic mass is 16.3. The van der Waals surface area contributed by atoms with Crippen LogP contribution in [-0.2, 0) is 4.79 Å². The lowest BCUT2D eigenvalue weighted by Gasteiger charge is -2.24. The molecule has 2 N–H and O–H groups in total. The second-order valence-corrected chi connectivity index (χ2v) is 6.80. The zero-order valence-corrected chi connectivity index (χ0v) is 14.6. The number of unbranched alkanes of at least 4 members (excludes halogenated alkanes) is 4. The number of amides is 1. The van der Waals surface area contributed by atoms with E-state index in [9.17, 15) is 4.79 Å². The van der Waals surface area contributed by atoms with Crippen LogP contribution in [0.4, 0.5) is 0 Å². The maximum absolute atomic E-state index is 12.3. The molecule has 4 heteroatoms. The molecular weight excluding hydrogens is 264 g/mol. The standard InChI is InChI=1S/C17H36N2O2/c1-5-6-7-8-9-13-19(14-10-15-20)16(21)11-12-18-17(2,3)4/h18,20H,5-15H2,1-4H3. The van der Waals surface area contributed by atoms with Gasteiger partial charge in [-0.1, -0.05) is 32.6 Å². The molecule has 0 aliphatic heterocycles. The fraction of sp³-hybridized carbons (Fsp3) is 0.941. The van der Waals surface area contributed by atoms with Crippen molar-refractivity contribution in [3.63, 3.8) is 0 Å². The van der Waals surface area contributed by atoms with Crippen LogP contribution in [0.3, 0.4) is 0 Å². The summed E-state index contributed by atoms with van der Waals surface area (Å²) in [5, 5.41) is 12.3. The first-order valence-electron chi connectivity index (χ1n) is 8.54. The van der Waals surface area contributed by atoms with Crippen molar-refractivity contribution in [2.24, 2.45) is 0 Å². The van der Waals surface area contributed by atoms with Crippen LogP contribution in [0.5, 0.6) is 0 Å². The lowest BCUT2D eigenvalue weighted by molar-refractivity contribution is -0.131. The molecule has 0 aliphatic carbocycles. The van der Waals surface area contributed by atoms with E-state index in [1.807, 2.05) is 4.90 Å². The highest BCUT2D eigenvalue weighted by molar-refractivity contribution is 5.76. The molecule has 0 atom stereocenters. The van der Waals surface area contributed by atoms with E-state index >= 15 is 0 Å². The summed E-state index contributed by atoms with van der Waals surface area (Å²) in [7, 11) is 0. The van der Waals surface area contributed by atoms with Crippen LogP contribution < -0.4 is 5.32 Å². The maximum Gasteiger partial charge on any atom is 0.223 e. The number of nitrogens with one attached hydrogen (secondary N) is 1. The summed E-state index contributed by atoms with van der Waals surface area (Å²) in [6.07, 6.45) is 7.25. The maximum atomic E-state index is 12.3. The fourth-order valence-corrected chi connectivity index (χ4v) is 2.23. The zero-order valence-electron chi connectivity index (χ0n) is 14.6. The van der Waals surface area contributed by atoms with Crippen LogP contribution in [0.15, 0.2) is 0 Å². The van der Waals surface area contributed by atoms with Crippen molar-refractivity contribution in [2.75, 3.05) is 26.2 Å². The molecular formula is C17H36N2O2. The highest BCUT2D eigenvalue weighted by Gasteiger charge is 2.14. The molecule has 0 saturated heterocycles. The Bertz CT molecular complexity index is 262. The summed E-state index contributed by atoms with van der Waals surface area (Å²) in [5.41, 5.74) is 0.0519. The molecule has 0 aromatic carbocycles. The quantitative estimate of drug-likeness (QED) is 0.545. The Balaban J connectivity index is 4.04. The van der Waals surface area contributed by atoms with Gasteiger partial charge in [0.15, 0.2) is 0 Å². The predicted molar refractivity (Wildman–Crippen MR) is 89.4 cm³/mol. The third-order valence-corrected chi connectivity index (χ3v) is 3.46. The smallest absolute Gasteiger partial charge is 0.223 e. The van der Waals surface area contributed by atoms with Crippen LogP contribution in [0.1, 0.15) is 72.6 Å². The molecule has 0 fully saturated rings. The van der Waals surface area contributed by atoms with Crippen LogP contribution >= 0.6 is 0 Å². The molecule has 0 aromatic rings. The van der Waals surface area contributed by atoms with Crippen molar-refractivity contribution < 1.29 is 9.90 Å². The molecule has 126 valence electrons. The largest absolute Gasteiger partial charge is 0.396 e. The van der Waals surface area contributed by atoms with Crippen LogP contribution in [-0.4, -0.2) is 47.7 Å². The molecule has 0 saturated carbocycles. The molecule has 0 spiro atoms. The van der Waals surface area contributed by atoms with E-state index in [0.29, 0.717) is 25.9 Å². The van der Waals surface area contributed by atoms with Crippen LogP contribution in [0, 0.1) is 0 Å². The summed E-state index contributed by atoms with van der Waals surface area (Å²) in [6.45, 7) is 10.9. The van der Waals surface area contributed by atoms with E-state index in [-0.39, 0.29) is 18.1 Å². The van der Waals surface area contributed by atoms with Crippen LogP contribution in [0.2, 0.25) is 0 Å². The van der Waals surface area contributed by atoms with Gasteiger partial charge in [0, 0.05) is 38.2 Å². The van der Waals surface area contributed by atoms with Gasteiger partial charge in [-0.15, -0.1) is 0 Å². The molecule has 4 nitrogen and oxygen atoms in total. The van der Waals surface area contributed by atoms with E-state index in [2.05, 4.69) is 33.0 Å². The van der Waals surface area contributed by atoms with E-state index < -0.39 is 0 Å². The minimum absolute atomic E-state index is 0.0519. The number of rotatable bonds is 12. The van der Waals surface area contributed by atoms with Gasteiger partial charge in [0.2, 0.25) is 5.91 Å². The van der Waals surface area contributed by atoms with E-state index in [1.165, 1.54) is 25.7 Å². The second-order valence-electron chi connectivity index (χ2n) is 6.80. The van der Waals surface area contributed by atoms with Crippen LogP contribution in [0.25, 0.3) is 0 Å². The van der Waals surface area contributed by atoms with Gasteiger partial charge in [0.25, 0.3) is 0 Å². The fourth-order valence-electron chi connectivity index (χ4n) is 2.23. The topological polar surface area (TPSA) is 52.6 Å². The van der Waals surface area contributed by atoms with Crippen molar-refractivity contribution in [1.82, 2.24) is 10.2 Å². The van der Waals surface area contributed by atoms with E-state index in [4.69, 9.17) is 5.11 Å². The first kappa shape index (κ1) is 20.4. The summed E-state index contributed by atoms with van der Waals surface area (Å²) in [6, 6.07) is 0. The molecule has 0 rings (SSSR count). The van der Waals surface area contributed by atoms with Crippen molar-refractivity contribution >= 4 is 5.91 Å². The van der Waals surface area contributed by atoms with Gasteiger partial charge in [0.05, 0.1) is 0 Å². The van der Waals surface area contributed by atoms with Gasteiger partial charge in [-0.25, -0.2) is 0 Å². The number of hydrogen-bond donors (Lipinski definition) is 2. The zero-order chi connectivity index (χ0) is 16.1. The Labute approximate surface area is 131 Å². The summed E-state index contributed by atoms with van der Waals surface area (Å²) >= 11 is 0. The van der Waals surface area contributed by atoms with E-state index in [1.54, 1.807) is 0 Å². The molecule has 0 heterocycles. The Morgan fingerprint density at radius 3 is 2.24 bits per heavy atom. The lowest BCUT2D eigenvalue weighted by Crippen LogP contribution is -2.40. The molecule has 0 radical (unpaired) electrons. The number of carbonyl (C=O) groups excluding carboxylic acids is 1. The first-order chi connectivity index (χ1) is 9.90. The summed E-state index contributed by atoms with van der Waals surface area (Å²) in [5.74, 6) is 0.204. The van der Waals surface area contributed by atoms with Crippen molar-refractivity contribution in [2.45, 2.75) is 78.2 Å². The third kappa shape index (κ3) is 12.8. The van der Waals surface area contributed by atoms with Gasteiger partial charge < -0.3 is 15.3 Å². The minimum Gasteiger partial charge on any atom is -0.396 e. The number of aliphatic hydroxyl groups excluding tert-OH is 1. The Kier molecular flexibility index (Phi) is 11.6. The molecule has 0 aromatic heterocycles. The SMILES string of the molecule is CCCCCCCN(CCCO)C(=O)CCNC(C)(C)C. The lowest BCUT2D eigenvalue weighted by atomic mass is 10.1. The molecule has 0 aliphatic rings. The van der Waals surface area contributed by atoms with E-state index in [0.717, 1.165) is 13.0 Å². The number of aliphatic hydroxyl groups is 1. The average molecular weight is 300 g/mol. The number of carbonyl (C=O) groups is 1. The van der Waals surface area contributed by atoms with Gasteiger partial charge in [-0.3, -0.25) is 4.79 Å². The van der Waals surface area contributed by atoms with Crippen molar-refractivity contribution in [1.29, 1.82) is 0 Å². The van der Waals surface area contributed by atoms with Crippen molar-refractivity contribution in [3.8, 4) is 0 Å². The predicted octanol–water partition coefficient (Wildman–Crippen LogP) is 2.95. The van der Waals surface area contributed by atoms with Gasteiger partial charge in [-0.05, 0) is 33.6 Å². The number of hydrogen-bond acceptors (Lipinski definition) is 3. The second kappa shape index (κ2) is 12.0.